The number of carbonyl (C=O) groups excluding carboxylic acids is 1. The van der Waals surface area contributed by atoms with Crippen LogP contribution in [0.15, 0.2) is 103 Å². The second-order valence-corrected chi connectivity index (χ2v) is 8.68. The lowest BCUT2D eigenvalue weighted by Crippen LogP contribution is -2.44. The Morgan fingerprint density at radius 2 is 1.47 bits per heavy atom. The second kappa shape index (κ2) is 10.3. The molecule has 34 heavy (non-hydrogen) atoms. The van der Waals surface area contributed by atoms with Gasteiger partial charge >= 0.3 is 0 Å². The molecular weight excluding hydrogens is 420 g/mol. The predicted molar refractivity (Wildman–Crippen MR) is 135 cm³/mol. The summed E-state index contributed by atoms with van der Waals surface area (Å²) in [5.41, 5.74) is 4.12. The quantitative estimate of drug-likeness (QED) is 0.437. The van der Waals surface area contributed by atoms with Crippen molar-refractivity contribution in [1.82, 2.24) is 15.3 Å². The summed E-state index contributed by atoms with van der Waals surface area (Å²) in [4.78, 5) is 24.6. The van der Waals surface area contributed by atoms with Gasteiger partial charge in [-0.05, 0) is 24.0 Å². The first-order valence-corrected chi connectivity index (χ1v) is 11.8. The Kier molecular flexibility index (Phi) is 6.61. The standard InChI is InChI=1S/C29H28N4O/c34-29(32-28(23-13-6-2-7-14-23)24-15-8-3-9-16-24)25-17-10-18-33(20-25)27-19-26(30-21-31-27)22-11-4-1-5-12-22/h1-9,11-16,19,21,25,28H,10,17-18,20H2,(H,32,34). The van der Waals surface area contributed by atoms with E-state index in [1.807, 2.05) is 72.8 Å². The van der Waals surface area contributed by atoms with E-state index in [2.05, 4.69) is 44.5 Å². The molecule has 0 aliphatic carbocycles. The highest BCUT2D eigenvalue weighted by atomic mass is 16.2. The van der Waals surface area contributed by atoms with Gasteiger partial charge < -0.3 is 10.2 Å². The molecule has 2 heterocycles. The van der Waals surface area contributed by atoms with E-state index in [9.17, 15) is 4.79 Å². The minimum atomic E-state index is -0.172. The number of piperidine rings is 1. The molecule has 0 bridgehead atoms. The van der Waals surface area contributed by atoms with E-state index in [1.165, 1.54) is 0 Å². The zero-order chi connectivity index (χ0) is 23.2. The summed E-state index contributed by atoms with van der Waals surface area (Å²) in [5, 5.41) is 3.33. The van der Waals surface area contributed by atoms with Gasteiger partial charge in [-0.15, -0.1) is 0 Å². The maximum absolute atomic E-state index is 13.4. The van der Waals surface area contributed by atoms with E-state index < -0.39 is 0 Å². The van der Waals surface area contributed by atoms with Crippen LogP contribution in [0.4, 0.5) is 5.82 Å². The van der Waals surface area contributed by atoms with Gasteiger partial charge in [-0.2, -0.15) is 0 Å². The van der Waals surface area contributed by atoms with Gasteiger partial charge in [0.05, 0.1) is 17.7 Å². The molecule has 5 heteroatoms. The van der Waals surface area contributed by atoms with Crippen molar-refractivity contribution in [2.45, 2.75) is 18.9 Å². The van der Waals surface area contributed by atoms with E-state index in [0.29, 0.717) is 6.54 Å². The van der Waals surface area contributed by atoms with Crippen molar-refractivity contribution in [3.63, 3.8) is 0 Å². The normalized spacial score (nSPS) is 15.8. The van der Waals surface area contributed by atoms with Crippen LogP contribution in [0.5, 0.6) is 0 Å². The topological polar surface area (TPSA) is 58.1 Å². The van der Waals surface area contributed by atoms with Crippen molar-refractivity contribution in [3.05, 3.63) is 115 Å². The lowest BCUT2D eigenvalue weighted by Gasteiger charge is -2.34. The van der Waals surface area contributed by atoms with Crippen molar-refractivity contribution >= 4 is 11.7 Å². The van der Waals surface area contributed by atoms with Crippen LogP contribution in [0.1, 0.15) is 30.0 Å². The smallest absolute Gasteiger partial charge is 0.225 e. The Balaban J connectivity index is 1.33. The van der Waals surface area contributed by atoms with E-state index >= 15 is 0 Å². The lowest BCUT2D eigenvalue weighted by molar-refractivity contribution is -0.125. The van der Waals surface area contributed by atoms with Crippen molar-refractivity contribution < 1.29 is 4.79 Å². The molecule has 1 N–H and O–H groups in total. The fraction of sp³-hybridized carbons (Fsp3) is 0.207. The third-order valence-electron chi connectivity index (χ3n) is 6.39. The number of anilines is 1. The van der Waals surface area contributed by atoms with Crippen LogP contribution in [0.3, 0.4) is 0 Å². The van der Waals surface area contributed by atoms with Crippen molar-refractivity contribution in [1.29, 1.82) is 0 Å². The highest BCUT2D eigenvalue weighted by molar-refractivity contribution is 5.80. The van der Waals surface area contributed by atoms with E-state index in [1.54, 1.807) is 6.33 Å². The Bertz CT molecular complexity index is 1180. The number of nitrogens with one attached hydrogen (secondary N) is 1. The summed E-state index contributed by atoms with van der Waals surface area (Å²) in [6.07, 6.45) is 3.43. The third kappa shape index (κ3) is 4.99. The van der Waals surface area contributed by atoms with Crippen LogP contribution in [-0.2, 0) is 4.79 Å². The first-order chi connectivity index (χ1) is 16.8. The molecule has 1 saturated heterocycles. The first kappa shape index (κ1) is 21.8. The monoisotopic (exact) mass is 448 g/mol. The van der Waals surface area contributed by atoms with Crippen molar-refractivity contribution in [3.8, 4) is 11.3 Å². The Morgan fingerprint density at radius 1 is 0.853 bits per heavy atom. The van der Waals surface area contributed by atoms with Gasteiger partial charge in [0.25, 0.3) is 0 Å². The highest BCUT2D eigenvalue weighted by Crippen LogP contribution is 2.27. The maximum atomic E-state index is 13.4. The fourth-order valence-electron chi connectivity index (χ4n) is 4.60. The van der Waals surface area contributed by atoms with Crippen molar-refractivity contribution in [2.75, 3.05) is 18.0 Å². The Hall–Kier alpha value is -3.99. The van der Waals surface area contributed by atoms with Gasteiger partial charge in [-0.25, -0.2) is 9.97 Å². The molecule has 5 nitrogen and oxygen atoms in total. The zero-order valence-electron chi connectivity index (χ0n) is 19.0. The third-order valence-corrected chi connectivity index (χ3v) is 6.39. The summed E-state index contributed by atoms with van der Waals surface area (Å²) >= 11 is 0. The van der Waals surface area contributed by atoms with Gasteiger partial charge in [0.1, 0.15) is 12.1 Å². The molecule has 1 unspecified atom stereocenters. The van der Waals surface area contributed by atoms with Gasteiger partial charge in [-0.1, -0.05) is 91.0 Å². The molecule has 5 rings (SSSR count). The summed E-state index contributed by atoms with van der Waals surface area (Å²) in [6, 6.07) is 32.3. The number of benzene rings is 3. The molecule has 1 aliphatic rings. The number of carbonyl (C=O) groups is 1. The van der Waals surface area contributed by atoms with Crippen LogP contribution in [0.2, 0.25) is 0 Å². The Labute approximate surface area is 200 Å². The summed E-state index contributed by atoms with van der Waals surface area (Å²) in [5.74, 6) is 0.854. The van der Waals surface area contributed by atoms with Crippen LogP contribution in [0.25, 0.3) is 11.3 Å². The number of nitrogens with zero attached hydrogens (tertiary/aromatic N) is 3. The first-order valence-electron chi connectivity index (χ1n) is 11.8. The summed E-state index contributed by atoms with van der Waals surface area (Å²) in [6.45, 7) is 1.53. The molecule has 0 saturated carbocycles. The van der Waals surface area contributed by atoms with Gasteiger partial charge in [0, 0.05) is 24.7 Å². The lowest BCUT2D eigenvalue weighted by atomic mass is 9.94. The molecule has 1 aromatic heterocycles. The number of rotatable bonds is 6. The molecule has 1 atom stereocenters. The highest BCUT2D eigenvalue weighted by Gasteiger charge is 2.29. The molecule has 0 radical (unpaired) electrons. The minimum absolute atomic E-state index is 0.0831. The van der Waals surface area contributed by atoms with Gasteiger partial charge in [0.15, 0.2) is 0 Å². The average Bonchev–Trinajstić information content (AvgIpc) is 2.93. The molecule has 4 aromatic rings. The van der Waals surface area contributed by atoms with Crippen LogP contribution < -0.4 is 10.2 Å². The van der Waals surface area contributed by atoms with Gasteiger partial charge in [0.2, 0.25) is 5.91 Å². The van der Waals surface area contributed by atoms with Crippen LogP contribution in [-0.4, -0.2) is 29.0 Å². The maximum Gasteiger partial charge on any atom is 0.225 e. The molecule has 0 spiro atoms. The SMILES string of the molecule is O=C(NC(c1ccccc1)c1ccccc1)C1CCCN(c2cc(-c3ccccc3)ncn2)C1. The van der Waals surface area contributed by atoms with E-state index in [0.717, 1.165) is 47.6 Å². The van der Waals surface area contributed by atoms with E-state index in [4.69, 9.17) is 0 Å². The van der Waals surface area contributed by atoms with E-state index in [-0.39, 0.29) is 17.9 Å². The van der Waals surface area contributed by atoms with Crippen LogP contribution >= 0.6 is 0 Å². The molecule has 3 aromatic carbocycles. The largest absolute Gasteiger partial charge is 0.356 e. The molecule has 1 amide bonds. The predicted octanol–water partition coefficient (Wildman–Crippen LogP) is 5.27. The summed E-state index contributed by atoms with van der Waals surface area (Å²) < 4.78 is 0. The van der Waals surface area contributed by atoms with Crippen molar-refractivity contribution in [2.24, 2.45) is 5.92 Å². The Morgan fingerprint density at radius 3 is 2.12 bits per heavy atom. The molecular formula is C29H28N4O. The average molecular weight is 449 g/mol. The summed E-state index contributed by atoms with van der Waals surface area (Å²) in [7, 11) is 0. The molecule has 170 valence electrons. The zero-order valence-corrected chi connectivity index (χ0v) is 19.0. The fourth-order valence-corrected chi connectivity index (χ4v) is 4.60. The molecule has 1 fully saturated rings. The molecule has 1 aliphatic heterocycles. The number of aromatic nitrogens is 2. The number of hydrogen-bond acceptors (Lipinski definition) is 4. The second-order valence-electron chi connectivity index (χ2n) is 8.68. The minimum Gasteiger partial charge on any atom is -0.356 e. The van der Waals surface area contributed by atoms with Gasteiger partial charge in [-0.3, -0.25) is 4.79 Å². The number of amides is 1. The number of hydrogen-bond donors (Lipinski definition) is 1. The van der Waals surface area contributed by atoms with Crippen LogP contribution in [0, 0.1) is 5.92 Å².